The van der Waals surface area contributed by atoms with Crippen LogP contribution in [0.2, 0.25) is 0 Å². The summed E-state index contributed by atoms with van der Waals surface area (Å²) < 4.78 is 0. The van der Waals surface area contributed by atoms with E-state index in [0.717, 1.165) is 19.5 Å². The second kappa shape index (κ2) is 5.15. The molecule has 1 rings (SSSR count). The van der Waals surface area contributed by atoms with Crippen molar-refractivity contribution in [2.24, 2.45) is 11.7 Å². The van der Waals surface area contributed by atoms with Crippen molar-refractivity contribution in [3.63, 3.8) is 0 Å². The smallest absolute Gasteiger partial charge is 0.239 e. The summed E-state index contributed by atoms with van der Waals surface area (Å²) in [6.07, 6.45) is 1.11. The molecular weight excluding hydrogens is 202 g/mol. The maximum atomic E-state index is 11.9. The van der Waals surface area contributed by atoms with E-state index >= 15 is 0 Å². The van der Waals surface area contributed by atoms with E-state index in [2.05, 4.69) is 37.9 Å². The molecule has 0 saturated carbocycles. The maximum absolute atomic E-state index is 11.9. The standard InChI is InChI=1S/C12H25N3O/c1-9(2)5-6-15-8-12(3,4)14-11(16)10(15)7-13/h9-10H,5-8,13H2,1-4H3,(H,14,16). The second-order valence-electron chi connectivity index (χ2n) is 5.78. The SMILES string of the molecule is CC(C)CCN1CC(C)(C)NC(=O)C1CN. The number of hydrogen-bond acceptors (Lipinski definition) is 3. The molecule has 1 unspecified atom stereocenters. The number of hydrogen-bond donors (Lipinski definition) is 2. The molecule has 0 radical (unpaired) electrons. The Labute approximate surface area is 98.6 Å². The first-order valence-electron chi connectivity index (χ1n) is 6.12. The Bertz CT molecular complexity index is 251. The lowest BCUT2D eigenvalue weighted by atomic mass is 9.97. The molecule has 1 aliphatic heterocycles. The van der Waals surface area contributed by atoms with Crippen LogP contribution in [0.15, 0.2) is 0 Å². The topological polar surface area (TPSA) is 58.4 Å². The van der Waals surface area contributed by atoms with Gasteiger partial charge in [-0.05, 0) is 32.7 Å². The Kier molecular flexibility index (Phi) is 4.33. The van der Waals surface area contributed by atoms with Crippen LogP contribution in [0.3, 0.4) is 0 Å². The van der Waals surface area contributed by atoms with E-state index in [1.807, 2.05) is 0 Å². The molecule has 0 bridgehead atoms. The van der Waals surface area contributed by atoms with Crippen molar-refractivity contribution in [3.05, 3.63) is 0 Å². The van der Waals surface area contributed by atoms with E-state index in [9.17, 15) is 4.79 Å². The number of rotatable bonds is 4. The minimum absolute atomic E-state index is 0.0718. The summed E-state index contributed by atoms with van der Waals surface area (Å²) in [6.45, 7) is 10.8. The van der Waals surface area contributed by atoms with Gasteiger partial charge in [-0.15, -0.1) is 0 Å². The van der Waals surface area contributed by atoms with Crippen LogP contribution in [0.25, 0.3) is 0 Å². The molecule has 0 aliphatic carbocycles. The number of piperazine rings is 1. The normalized spacial score (nSPS) is 25.9. The first-order chi connectivity index (χ1) is 7.35. The van der Waals surface area contributed by atoms with Crippen molar-refractivity contribution >= 4 is 5.91 Å². The summed E-state index contributed by atoms with van der Waals surface area (Å²) in [7, 11) is 0. The molecule has 0 aromatic carbocycles. The highest BCUT2D eigenvalue weighted by Gasteiger charge is 2.37. The molecule has 1 amide bonds. The van der Waals surface area contributed by atoms with Crippen LogP contribution in [0.1, 0.15) is 34.1 Å². The molecule has 1 atom stereocenters. The first-order valence-corrected chi connectivity index (χ1v) is 6.12. The summed E-state index contributed by atoms with van der Waals surface area (Å²) >= 11 is 0. The summed E-state index contributed by atoms with van der Waals surface area (Å²) in [6, 6.07) is -0.147. The van der Waals surface area contributed by atoms with Gasteiger partial charge < -0.3 is 11.1 Å². The first kappa shape index (κ1) is 13.5. The molecule has 1 fully saturated rings. The third kappa shape index (κ3) is 3.46. The lowest BCUT2D eigenvalue weighted by Crippen LogP contribution is -2.66. The van der Waals surface area contributed by atoms with Crippen LogP contribution in [0, 0.1) is 5.92 Å². The van der Waals surface area contributed by atoms with Gasteiger partial charge in [0.25, 0.3) is 0 Å². The Morgan fingerprint density at radius 3 is 2.69 bits per heavy atom. The van der Waals surface area contributed by atoms with Crippen molar-refractivity contribution in [2.45, 2.75) is 45.7 Å². The van der Waals surface area contributed by atoms with Crippen LogP contribution in [0.5, 0.6) is 0 Å². The number of nitrogens with two attached hydrogens (primary N) is 1. The van der Waals surface area contributed by atoms with Gasteiger partial charge in [0.1, 0.15) is 6.04 Å². The maximum Gasteiger partial charge on any atom is 0.239 e. The quantitative estimate of drug-likeness (QED) is 0.738. The van der Waals surface area contributed by atoms with Crippen LogP contribution in [-0.4, -0.2) is 42.0 Å². The van der Waals surface area contributed by atoms with E-state index in [4.69, 9.17) is 5.73 Å². The van der Waals surface area contributed by atoms with Crippen LogP contribution in [-0.2, 0) is 4.79 Å². The molecule has 16 heavy (non-hydrogen) atoms. The fourth-order valence-electron chi connectivity index (χ4n) is 2.16. The van der Waals surface area contributed by atoms with Gasteiger partial charge in [-0.2, -0.15) is 0 Å². The van der Waals surface area contributed by atoms with Crippen molar-refractivity contribution in [2.75, 3.05) is 19.6 Å². The molecule has 1 aliphatic rings. The number of nitrogens with one attached hydrogen (secondary N) is 1. The second-order valence-corrected chi connectivity index (χ2v) is 5.78. The fraction of sp³-hybridized carbons (Fsp3) is 0.917. The molecular formula is C12H25N3O. The lowest BCUT2D eigenvalue weighted by molar-refractivity contribution is -0.132. The van der Waals surface area contributed by atoms with Gasteiger partial charge >= 0.3 is 0 Å². The number of nitrogens with zero attached hydrogens (tertiary/aromatic N) is 1. The van der Waals surface area contributed by atoms with Crippen molar-refractivity contribution in [1.29, 1.82) is 0 Å². The highest BCUT2D eigenvalue weighted by Crippen LogP contribution is 2.17. The lowest BCUT2D eigenvalue weighted by Gasteiger charge is -2.43. The predicted octanol–water partition coefficient (Wildman–Crippen LogP) is 0.570. The van der Waals surface area contributed by atoms with Gasteiger partial charge in [-0.3, -0.25) is 9.69 Å². The van der Waals surface area contributed by atoms with Gasteiger partial charge in [-0.25, -0.2) is 0 Å². The van der Waals surface area contributed by atoms with E-state index < -0.39 is 0 Å². The third-order valence-corrected chi connectivity index (χ3v) is 3.02. The summed E-state index contributed by atoms with van der Waals surface area (Å²) in [4.78, 5) is 14.1. The zero-order valence-corrected chi connectivity index (χ0v) is 10.9. The average Bonchev–Trinajstić information content (AvgIpc) is 2.12. The third-order valence-electron chi connectivity index (χ3n) is 3.02. The fourth-order valence-corrected chi connectivity index (χ4v) is 2.16. The molecule has 0 aromatic heterocycles. The van der Waals surface area contributed by atoms with Gasteiger partial charge in [-0.1, -0.05) is 13.8 Å². The molecule has 4 heteroatoms. The van der Waals surface area contributed by atoms with Crippen LogP contribution in [0.4, 0.5) is 0 Å². The summed E-state index contributed by atoms with van der Waals surface area (Å²) in [5.41, 5.74) is 5.54. The van der Waals surface area contributed by atoms with Crippen molar-refractivity contribution in [3.8, 4) is 0 Å². The van der Waals surface area contributed by atoms with E-state index in [-0.39, 0.29) is 17.5 Å². The summed E-state index contributed by atoms with van der Waals surface area (Å²) in [5, 5.41) is 3.01. The van der Waals surface area contributed by atoms with E-state index in [1.54, 1.807) is 0 Å². The van der Waals surface area contributed by atoms with Gasteiger partial charge in [0.2, 0.25) is 5.91 Å². The Hall–Kier alpha value is -0.610. The van der Waals surface area contributed by atoms with Crippen molar-refractivity contribution < 1.29 is 4.79 Å². The minimum Gasteiger partial charge on any atom is -0.349 e. The van der Waals surface area contributed by atoms with E-state index in [1.165, 1.54) is 0 Å². The zero-order chi connectivity index (χ0) is 12.3. The Balaban J connectivity index is 2.65. The molecule has 3 N–H and O–H groups in total. The number of carbonyl (C=O) groups excluding carboxylic acids is 1. The molecule has 94 valence electrons. The molecule has 1 heterocycles. The molecule has 0 aromatic rings. The van der Waals surface area contributed by atoms with Crippen molar-refractivity contribution in [1.82, 2.24) is 10.2 Å². The largest absolute Gasteiger partial charge is 0.349 e. The number of amides is 1. The Morgan fingerprint density at radius 2 is 2.19 bits per heavy atom. The Morgan fingerprint density at radius 1 is 1.56 bits per heavy atom. The zero-order valence-electron chi connectivity index (χ0n) is 10.9. The molecule has 0 spiro atoms. The average molecular weight is 227 g/mol. The monoisotopic (exact) mass is 227 g/mol. The number of carbonyl (C=O) groups is 1. The molecule has 4 nitrogen and oxygen atoms in total. The predicted molar refractivity (Wildman–Crippen MR) is 66.1 cm³/mol. The minimum atomic E-state index is -0.147. The molecule has 1 saturated heterocycles. The van der Waals surface area contributed by atoms with Crippen LogP contribution >= 0.6 is 0 Å². The highest BCUT2D eigenvalue weighted by atomic mass is 16.2. The highest BCUT2D eigenvalue weighted by molar-refractivity contribution is 5.83. The van der Waals surface area contributed by atoms with Crippen LogP contribution < -0.4 is 11.1 Å². The summed E-state index contributed by atoms with van der Waals surface area (Å²) in [5.74, 6) is 0.731. The van der Waals surface area contributed by atoms with Gasteiger partial charge in [0.05, 0.1) is 0 Å². The van der Waals surface area contributed by atoms with E-state index in [0.29, 0.717) is 12.5 Å². The van der Waals surface area contributed by atoms with Gasteiger partial charge in [0.15, 0.2) is 0 Å². The van der Waals surface area contributed by atoms with Gasteiger partial charge in [0, 0.05) is 18.6 Å².